The smallest absolute Gasteiger partial charge is 0.452 e. The Bertz CT molecular complexity index is 349. The maximum absolute atomic E-state index is 10.6. The summed E-state index contributed by atoms with van der Waals surface area (Å²) in [5.74, 6) is 0. The minimum absolute atomic E-state index is 0.494. The van der Waals surface area contributed by atoms with Crippen molar-refractivity contribution in [3.8, 4) is 0 Å². The van der Waals surface area contributed by atoms with E-state index in [0.29, 0.717) is 0 Å². The summed E-state index contributed by atoms with van der Waals surface area (Å²) in [5, 5.41) is 2.27. The van der Waals surface area contributed by atoms with Crippen molar-refractivity contribution in [1.82, 2.24) is 10.2 Å². The third-order valence-electron chi connectivity index (χ3n) is 1.39. The van der Waals surface area contributed by atoms with E-state index in [4.69, 9.17) is 4.79 Å². The molecule has 0 radical (unpaired) electrons. The second kappa shape index (κ2) is 16.3. The van der Waals surface area contributed by atoms with Gasteiger partial charge in [-0.2, -0.15) is 4.79 Å². The first-order valence-electron chi connectivity index (χ1n) is 4.96. The van der Waals surface area contributed by atoms with Gasteiger partial charge in [0, 0.05) is 21.1 Å². The van der Waals surface area contributed by atoms with Crippen LogP contribution in [0.1, 0.15) is 0 Å². The fourth-order valence-corrected chi connectivity index (χ4v) is 0.460. The van der Waals surface area contributed by atoms with Gasteiger partial charge in [-0.3, -0.25) is 0 Å². The molecule has 0 rings (SSSR count). The molecule has 0 aliphatic rings. The van der Waals surface area contributed by atoms with Gasteiger partial charge in [0.1, 0.15) is 6.72 Å². The van der Waals surface area contributed by atoms with Crippen LogP contribution in [0.25, 0.3) is 0 Å². The Balaban J connectivity index is -0.000000246. The van der Waals surface area contributed by atoms with Gasteiger partial charge in [-0.15, -0.1) is 4.99 Å². The first kappa shape index (κ1) is 22.4. The van der Waals surface area contributed by atoms with E-state index in [1.165, 1.54) is 41.4 Å². The van der Waals surface area contributed by atoms with Crippen molar-refractivity contribution in [2.45, 2.75) is 0 Å². The molecule has 0 aliphatic carbocycles. The highest BCUT2D eigenvalue weighted by molar-refractivity contribution is 5.90. The van der Waals surface area contributed by atoms with Crippen LogP contribution >= 0.6 is 0 Å². The van der Waals surface area contributed by atoms with E-state index in [2.05, 4.69) is 26.5 Å². The van der Waals surface area contributed by atoms with Gasteiger partial charge in [-0.1, -0.05) is 0 Å². The highest BCUT2D eigenvalue weighted by Gasteiger charge is 2.14. The molecule has 2 N–H and O–H groups in total. The molecule has 114 valence electrons. The van der Waals surface area contributed by atoms with E-state index in [-0.39, 0.29) is 0 Å². The number of nitrogens with zero attached hydrogens (tertiary/aromatic N) is 2. The number of isocyanates is 1. The molecule has 0 unspecified atom stereocenters. The Morgan fingerprint density at radius 2 is 1.75 bits per heavy atom. The van der Waals surface area contributed by atoms with E-state index >= 15 is 0 Å². The van der Waals surface area contributed by atoms with Crippen molar-refractivity contribution in [3.63, 3.8) is 0 Å². The van der Waals surface area contributed by atoms with Crippen LogP contribution < -0.4 is 10.3 Å². The van der Waals surface area contributed by atoms with E-state index in [1.54, 1.807) is 0 Å². The summed E-state index contributed by atoms with van der Waals surface area (Å²) < 4.78 is 8.35. The van der Waals surface area contributed by atoms with Crippen LogP contribution in [-0.4, -0.2) is 71.3 Å². The molecule has 0 atom stereocenters. The minimum atomic E-state index is -0.681. The average molecular weight is 291 g/mol. The molecule has 0 fully saturated rings. The van der Waals surface area contributed by atoms with Gasteiger partial charge in [0.25, 0.3) is 0 Å². The molecule has 0 aromatic rings. The molecule has 20 heavy (non-hydrogen) atoms. The third kappa shape index (κ3) is 15.3. The van der Waals surface area contributed by atoms with Crippen molar-refractivity contribution in [1.29, 1.82) is 0 Å². The number of methoxy groups -OCH3 is 2. The number of carbonyl (C=O) groups excluding carboxylic acids is 4. The van der Waals surface area contributed by atoms with Crippen molar-refractivity contribution in [2.24, 2.45) is 4.99 Å². The van der Waals surface area contributed by atoms with Crippen LogP contribution in [0.3, 0.4) is 0 Å². The number of amides is 4. The van der Waals surface area contributed by atoms with Gasteiger partial charge in [0.2, 0.25) is 6.08 Å². The van der Waals surface area contributed by atoms with Crippen molar-refractivity contribution >= 4 is 31.0 Å². The summed E-state index contributed by atoms with van der Waals surface area (Å²) in [6, 6.07) is -0.494. The zero-order valence-corrected chi connectivity index (χ0v) is 12.1. The molecule has 4 amide bonds. The van der Waals surface area contributed by atoms with Crippen LogP contribution in [0.5, 0.6) is 0 Å². The molecule has 0 bridgehead atoms. The summed E-state index contributed by atoms with van der Waals surface area (Å²) in [5.41, 5.74) is 0. The highest BCUT2D eigenvalue weighted by Crippen LogP contribution is 1.87. The summed E-state index contributed by atoms with van der Waals surface area (Å²) in [7, 11) is 6.63. The quantitative estimate of drug-likeness (QED) is 0.413. The fraction of sp³-hybridized carbons (Fsp3) is 0.500. The normalized spacial score (nSPS) is 7.05. The Morgan fingerprint density at radius 1 is 1.30 bits per heavy atom. The molecule has 10 heteroatoms. The Labute approximate surface area is 116 Å². The summed E-state index contributed by atoms with van der Waals surface area (Å²) in [6.45, 7) is 3.03. The largest absolute Gasteiger partial charge is 0.593 e. The first-order chi connectivity index (χ1) is 9.35. The van der Waals surface area contributed by atoms with Gasteiger partial charge < -0.3 is 14.8 Å². The SMILES string of the molecule is C=[NH+]C(=O)OC.CN=C=O.CNC(=O)N(C)C(=O)OC. The van der Waals surface area contributed by atoms with Crippen LogP contribution in [0.15, 0.2) is 4.99 Å². The van der Waals surface area contributed by atoms with Gasteiger partial charge >= 0.3 is 18.2 Å². The molecule has 0 spiro atoms. The lowest BCUT2D eigenvalue weighted by Crippen LogP contribution is -2.70. The average Bonchev–Trinajstić information content (AvgIpc) is 2.52. The second-order valence-electron chi connectivity index (χ2n) is 2.57. The van der Waals surface area contributed by atoms with Crippen molar-refractivity contribution in [2.75, 3.05) is 35.4 Å². The fourth-order valence-electron chi connectivity index (χ4n) is 0.460. The van der Waals surface area contributed by atoms with Crippen molar-refractivity contribution < 1.29 is 33.6 Å². The number of imide groups is 1. The van der Waals surface area contributed by atoms with Gasteiger partial charge in [-0.25, -0.2) is 24.3 Å². The highest BCUT2D eigenvalue weighted by atomic mass is 16.5. The molecular weight excluding hydrogens is 272 g/mol. The number of hydrogen-bond acceptors (Lipinski definition) is 7. The monoisotopic (exact) mass is 291 g/mol. The molecule has 0 aliphatic heterocycles. The van der Waals surface area contributed by atoms with Gasteiger partial charge in [-0.05, 0) is 0 Å². The molecule has 0 saturated carbocycles. The molecule has 0 saturated heterocycles. The number of urea groups is 1. The van der Waals surface area contributed by atoms with Crippen LogP contribution in [-0.2, 0) is 14.3 Å². The molecular formula is C10H19N4O6+. The Kier molecular flexibility index (Phi) is 18.2. The zero-order chi connectivity index (χ0) is 16.6. The number of nitrogens with one attached hydrogen (secondary N) is 2. The van der Waals surface area contributed by atoms with Gasteiger partial charge in [0.05, 0.1) is 14.2 Å². The Morgan fingerprint density at radius 3 is 1.90 bits per heavy atom. The predicted octanol–water partition coefficient (Wildman–Crippen LogP) is -1.49. The van der Waals surface area contributed by atoms with E-state index < -0.39 is 18.2 Å². The number of rotatable bonds is 0. The maximum atomic E-state index is 10.6. The number of ether oxygens (including phenoxy) is 2. The van der Waals surface area contributed by atoms with Crippen LogP contribution in [0.4, 0.5) is 14.4 Å². The van der Waals surface area contributed by atoms with Gasteiger partial charge in [0.15, 0.2) is 0 Å². The second-order valence-corrected chi connectivity index (χ2v) is 2.57. The van der Waals surface area contributed by atoms with E-state index in [1.807, 2.05) is 4.99 Å². The summed E-state index contributed by atoms with van der Waals surface area (Å²) in [4.78, 5) is 45.6. The van der Waals surface area contributed by atoms with Crippen LogP contribution in [0, 0.1) is 0 Å². The predicted molar refractivity (Wildman–Crippen MR) is 69.2 cm³/mol. The first-order valence-corrected chi connectivity index (χ1v) is 4.96. The minimum Gasteiger partial charge on any atom is -0.452 e. The van der Waals surface area contributed by atoms with Crippen molar-refractivity contribution in [3.05, 3.63) is 0 Å². The molecule has 0 aromatic carbocycles. The lowest BCUT2D eigenvalue weighted by atomic mass is 10.8. The number of aliphatic imine (C=N–C) groups is 1. The Hall–Kier alpha value is -2.74. The lowest BCUT2D eigenvalue weighted by Gasteiger charge is -2.11. The summed E-state index contributed by atoms with van der Waals surface area (Å²) >= 11 is 0. The standard InChI is InChI=1S/C5H10N2O3.C3H5NO2.C2H3NO/c1-6-4(8)7(2)5(9)10-3;1-4-3(5)6-2;1-3-2-4/h1-3H3,(H,6,8);1H2,2H3;1H3/p+1. The molecule has 0 aromatic heterocycles. The van der Waals surface area contributed by atoms with E-state index in [9.17, 15) is 14.4 Å². The van der Waals surface area contributed by atoms with Crippen LogP contribution in [0.2, 0.25) is 0 Å². The molecule has 10 nitrogen and oxygen atoms in total. The topological polar surface area (TPSA) is 128 Å². The number of carbonyl (C=O) groups is 3. The van der Waals surface area contributed by atoms with E-state index in [0.717, 1.165) is 4.90 Å². The molecule has 0 heterocycles. The zero-order valence-electron chi connectivity index (χ0n) is 12.1. The summed E-state index contributed by atoms with van der Waals surface area (Å²) in [6.07, 6.45) is 0.106. The lowest BCUT2D eigenvalue weighted by molar-refractivity contribution is -0.356. The maximum Gasteiger partial charge on any atom is 0.593 e. The third-order valence-corrected chi connectivity index (χ3v) is 1.39. The number of hydrogen-bond donors (Lipinski definition) is 2.